The number of para-hydroxylation sites is 1. The Hall–Kier alpha value is -3.76. The van der Waals surface area contributed by atoms with Gasteiger partial charge in [-0.2, -0.15) is 0 Å². The Morgan fingerprint density at radius 1 is 0.892 bits per heavy atom. The van der Waals surface area contributed by atoms with Crippen LogP contribution in [0.4, 0.5) is 11.4 Å². The number of ether oxygens (including phenoxy) is 1. The second-order valence-corrected chi connectivity index (χ2v) is 10.3. The van der Waals surface area contributed by atoms with Crippen molar-refractivity contribution in [3.05, 3.63) is 90.5 Å². The summed E-state index contributed by atoms with van der Waals surface area (Å²) in [5.41, 5.74) is 2.15. The number of thiocarbonyl (C=S) groups is 1. The molecule has 0 heterocycles. The first-order chi connectivity index (χ1) is 17.8. The van der Waals surface area contributed by atoms with Crippen LogP contribution in [0.25, 0.3) is 0 Å². The van der Waals surface area contributed by atoms with Crippen LogP contribution >= 0.6 is 12.2 Å². The topological polar surface area (TPSA) is 105 Å². The Bertz CT molecular complexity index is 1300. The molecule has 0 unspecified atom stereocenters. The van der Waals surface area contributed by atoms with Gasteiger partial charge in [0.05, 0.1) is 23.6 Å². The zero-order chi connectivity index (χ0) is 26.7. The van der Waals surface area contributed by atoms with Crippen LogP contribution in [0.1, 0.15) is 25.3 Å². The lowest BCUT2D eigenvalue weighted by Crippen LogP contribution is -2.34. The van der Waals surface area contributed by atoms with Gasteiger partial charge in [0.2, 0.25) is 5.91 Å². The highest BCUT2D eigenvalue weighted by Crippen LogP contribution is 2.24. The van der Waals surface area contributed by atoms with Crippen molar-refractivity contribution in [1.82, 2.24) is 5.32 Å². The van der Waals surface area contributed by atoms with Gasteiger partial charge in [-0.15, -0.1) is 0 Å². The number of hydrogen-bond acceptors (Lipinski definition) is 6. The molecule has 1 amide bonds. The Labute approximate surface area is 222 Å². The molecule has 8 nitrogen and oxygen atoms in total. The van der Waals surface area contributed by atoms with Gasteiger partial charge in [0.1, 0.15) is 0 Å². The van der Waals surface area contributed by atoms with Gasteiger partial charge in [-0.05, 0) is 61.1 Å². The maximum atomic E-state index is 13.1. The minimum atomic E-state index is -3.75. The van der Waals surface area contributed by atoms with E-state index < -0.39 is 21.9 Å². The normalized spacial score (nSPS) is 10.8. The highest BCUT2D eigenvalue weighted by atomic mass is 32.2. The molecule has 0 spiro atoms. The monoisotopic (exact) mass is 539 g/mol. The summed E-state index contributed by atoms with van der Waals surface area (Å²) in [4.78, 5) is 24.2. The number of nitrogens with one attached hydrogen (secondary N) is 2. The van der Waals surface area contributed by atoms with Crippen LogP contribution in [-0.4, -0.2) is 38.6 Å². The predicted molar refractivity (Wildman–Crippen MR) is 148 cm³/mol. The summed E-state index contributed by atoms with van der Waals surface area (Å²) < 4.78 is 32.7. The third kappa shape index (κ3) is 8.40. The molecule has 0 aliphatic carbocycles. The molecule has 0 fully saturated rings. The van der Waals surface area contributed by atoms with Crippen LogP contribution in [0.3, 0.4) is 0 Å². The maximum Gasteiger partial charge on any atom is 0.306 e. The molecule has 0 atom stereocenters. The number of carbonyl (C=O) groups is 2. The molecule has 2 N–H and O–H groups in total. The average Bonchev–Trinajstić information content (AvgIpc) is 2.89. The van der Waals surface area contributed by atoms with Crippen LogP contribution in [0.2, 0.25) is 0 Å². The average molecular weight is 540 g/mol. The second-order valence-electron chi connectivity index (χ2n) is 7.99. The number of hydrogen-bond donors (Lipinski definition) is 2. The number of sulfonamides is 1. The van der Waals surface area contributed by atoms with E-state index in [1.165, 1.54) is 16.4 Å². The summed E-state index contributed by atoms with van der Waals surface area (Å²) in [7, 11) is -3.75. The third-order valence-electron chi connectivity index (χ3n) is 5.34. The smallest absolute Gasteiger partial charge is 0.306 e. The second kappa shape index (κ2) is 13.5. The van der Waals surface area contributed by atoms with Gasteiger partial charge < -0.3 is 15.4 Å². The molecule has 10 heteroatoms. The van der Waals surface area contributed by atoms with Crippen LogP contribution in [0.15, 0.2) is 89.8 Å². The number of rotatable bonds is 11. The van der Waals surface area contributed by atoms with Crippen molar-refractivity contribution in [2.24, 2.45) is 0 Å². The molecule has 194 valence electrons. The highest BCUT2D eigenvalue weighted by molar-refractivity contribution is 7.92. The van der Waals surface area contributed by atoms with E-state index in [0.29, 0.717) is 17.8 Å². The van der Waals surface area contributed by atoms with Crippen molar-refractivity contribution < 1.29 is 22.7 Å². The fraction of sp³-hybridized carbons (Fsp3) is 0.222. The summed E-state index contributed by atoms with van der Waals surface area (Å²) in [6.45, 7) is 2.30. The number of amides is 1. The minimum absolute atomic E-state index is 0.0394. The molecule has 3 aromatic carbocycles. The summed E-state index contributed by atoms with van der Waals surface area (Å²) in [6.07, 6.45) is 0.469. The molecular formula is C27H29N3O5S2. The van der Waals surface area contributed by atoms with Gasteiger partial charge >= 0.3 is 5.97 Å². The SMILES string of the molecule is CCN(c1ccccc1)S(=O)(=O)c1ccc(NC(=S)NC(=O)CCC(=O)OCCc2ccccc2)cc1. The maximum absolute atomic E-state index is 13.1. The zero-order valence-electron chi connectivity index (χ0n) is 20.4. The number of esters is 1. The number of nitrogens with zero attached hydrogens (tertiary/aromatic N) is 1. The molecular weight excluding hydrogens is 510 g/mol. The van der Waals surface area contributed by atoms with Gasteiger partial charge in [0.15, 0.2) is 5.11 Å². The summed E-state index contributed by atoms with van der Waals surface area (Å²) in [5, 5.41) is 5.39. The van der Waals surface area contributed by atoms with Crippen LogP contribution in [-0.2, 0) is 30.8 Å². The third-order valence-corrected chi connectivity index (χ3v) is 7.46. The Morgan fingerprint density at radius 2 is 1.51 bits per heavy atom. The van der Waals surface area contributed by atoms with E-state index in [9.17, 15) is 18.0 Å². The van der Waals surface area contributed by atoms with E-state index in [2.05, 4.69) is 10.6 Å². The lowest BCUT2D eigenvalue weighted by molar-refractivity contribution is -0.144. The molecule has 0 aliphatic rings. The van der Waals surface area contributed by atoms with Crippen molar-refractivity contribution >= 4 is 50.6 Å². The Kier molecular flexibility index (Phi) is 10.2. The molecule has 37 heavy (non-hydrogen) atoms. The largest absolute Gasteiger partial charge is 0.465 e. The van der Waals surface area contributed by atoms with Crippen molar-refractivity contribution in [2.75, 3.05) is 22.8 Å². The minimum Gasteiger partial charge on any atom is -0.465 e. The van der Waals surface area contributed by atoms with E-state index in [-0.39, 0.29) is 36.0 Å². The first kappa shape index (κ1) is 27.8. The van der Waals surface area contributed by atoms with E-state index >= 15 is 0 Å². The number of benzene rings is 3. The van der Waals surface area contributed by atoms with Crippen LogP contribution in [0, 0.1) is 0 Å². The standard InChI is InChI=1S/C27H29N3O5S2/c1-2-30(23-11-7-4-8-12-23)37(33,34)24-15-13-22(14-16-24)28-27(36)29-25(31)17-18-26(32)35-20-19-21-9-5-3-6-10-21/h3-16H,2,17-20H2,1H3,(H2,28,29,31,36). The van der Waals surface area contributed by atoms with E-state index in [1.54, 1.807) is 43.3 Å². The molecule has 3 rings (SSSR count). The summed E-state index contributed by atoms with van der Waals surface area (Å²) >= 11 is 5.16. The number of carbonyl (C=O) groups excluding carboxylic acids is 2. The zero-order valence-corrected chi connectivity index (χ0v) is 22.1. The van der Waals surface area contributed by atoms with Crippen molar-refractivity contribution in [3.8, 4) is 0 Å². The molecule has 0 aliphatic heterocycles. The lowest BCUT2D eigenvalue weighted by Gasteiger charge is -2.23. The number of anilines is 2. The predicted octanol–water partition coefficient (Wildman–Crippen LogP) is 4.28. The van der Waals surface area contributed by atoms with E-state index in [0.717, 1.165) is 5.56 Å². The summed E-state index contributed by atoms with van der Waals surface area (Å²) in [5.74, 6) is -0.892. The molecule has 0 bridgehead atoms. The van der Waals surface area contributed by atoms with E-state index in [1.807, 2.05) is 36.4 Å². The molecule has 0 aromatic heterocycles. The van der Waals surface area contributed by atoms with Crippen LogP contribution in [0.5, 0.6) is 0 Å². The molecule has 0 saturated heterocycles. The first-order valence-corrected chi connectivity index (χ1v) is 13.6. The molecule has 0 radical (unpaired) electrons. The van der Waals surface area contributed by atoms with Gasteiger partial charge in [-0.1, -0.05) is 48.5 Å². The highest BCUT2D eigenvalue weighted by Gasteiger charge is 2.23. The first-order valence-electron chi connectivity index (χ1n) is 11.8. The molecule has 3 aromatic rings. The van der Waals surface area contributed by atoms with Crippen LogP contribution < -0.4 is 14.9 Å². The molecule has 0 saturated carbocycles. The van der Waals surface area contributed by atoms with Gasteiger partial charge in [-0.3, -0.25) is 13.9 Å². The fourth-order valence-electron chi connectivity index (χ4n) is 3.49. The van der Waals surface area contributed by atoms with Gasteiger partial charge in [-0.25, -0.2) is 8.42 Å². The Morgan fingerprint density at radius 3 is 2.14 bits per heavy atom. The lowest BCUT2D eigenvalue weighted by atomic mass is 10.2. The van der Waals surface area contributed by atoms with E-state index in [4.69, 9.17) is 17.0 Å². The van der Waals surface area contributed by atoms with Gasteiger partial charge in [0.25, 0.3) is 10.0 Å². The van der Waals surface area contributed by atoms with Gasteiger partial charge in [0, 0.05) is 25.1 Å². The van der Waals surface area contributed by atoms with Crippen molar-refractivity contribution in [2.45, 2.75) is 31.1 Å². The Balaban J connectivity index is 1.44. The van der Waals surface area contributed by atoms with Crippen molar-refractivity contribution in [1.29, 1.82) is 0 Å². The fourth-order valence-corrected chi connectivity index (χ4v) is 5.20. The summed E-state index contributed by atoms with van der Waals surface area (Å²) in [6, 6.07) is 24.6. The quantitative estimate of drug-likeness (QED) is 0.277. The van der Waals surface area contributed by atoms with Crippen molar-refractivity contribution in [3.63, 3.8) is 0 Å².